The molecule has 17 heavy (non-hydrogen) atoms. The Bertz CT molecular complexity index is 413. The fourth-order valence-electron chi connectivity index (χ4n) is 1.24. The zero-order valence-corrected chi connectivity index (χ0v) is 11.4. The van der Waals surface area contributed by atoms with E-state index in [1.807, 2.05) is 0 Å². The summed E-state index contributed by atoms with van der Waals surface area (Å²) < 4.78 is 10.4. The van der Waals surface area contributed by atoms with Gasteiger partial charge in [0.1, 0.15) is 5.69 Å². The first-order chi connectivity index (χ1) is 7.95. The summed E-state index contributed by atoms with van der Waals surface area (Å²) in [6, 6.07) is 1.58. The van der Waals surface area contributed by atoms with E-state index in [-0.39, 0.29) is 11.6 Å². The molecule has 1 N–H and O–H groups in total. The molecule has 94 valence electrons. The molecule has 5 nitrogen and oxygen atoms in total. The molecule has 1 aromatic heterocycles. The van der Waals surface area contributed by atoms with Crippen LogP contribution in [0.3, 0.4) is 0 Å². The monoisotopic (exact) mass is 303 g/mol. The van der Waals surface area contributed by atoms with Gasteiger partial charge in [0.15, 0.2) is 0 Å². The largest absolute Gasteiger partial charge is 0.466 e. The summed E-state index contributed by atoms with van der Waals surface area (Å²) in [4.78, 5) is 25.9. The molecule has 0 aliphatic rings. The fourth-order valence-corrected chi connectivity index (χ4v) is 1.58. The average Bonchev–Trinajstić information content (AvgIpc) is 2.71. The van der Waals surface area contributed by atoms with Crippen LogP contribution >= 0.6 is 15.9 Å². The lowest BCUT2D eigenvalue weighted by molar-refractivity contribution is -0.153. The summed E-state index contributed by atoms with van der Waals surface area (Å²) in [6.45, 7) is 3.55. The number of esters is 2. The number of aromatic amines is 1. The molecule has 0 radical (unpaired) electrons. The average molecular weight is 304 g/mol. The molecule has 6 heteroatoms. The molecule has 0 aliphatic heterocycles. The Labute approximate surface area is 108 Å². The van der Waals surface area contributed by atoms with Crippen molar-refractivity contribution in [3.63, 3.8) is 0 Å². The normalized spacial score (nSPS) is 12.3. The first-order valence-electron chi connectivity index (χ1n) is 5.08. The van der Waals surface area contributed by atoms with Crippen LogP contribution in [0.4, 0.5) is 0 Å². The standard InChI is InChI=1S/C11H14BrNO4/c1-6(2)9(11(15)16-3)17-10(14)8-4-7(12)5-13-8/h4-6,9,13H,1-3H3/t9-/m1/s1. The van der Waals surface area contributed by atoms with Crippen molar-refractivity contribution in [1.29, 1.82) is 0 Å². The lowest BCUT2D eigenvalue weighted by Gasteiger charge is -2.18. The predicted octanol–water partition coefficient (Wildman–Crippen LogP) is 2.13. The van der Waals surface area contributed by atoms with Crippen LogP contribution in [-0.4, -0.2) is 30.1 Å². The minimum atomic E-state index is -0.894. The highest BCUT2D eigenvalue weighted by molar-refractivity contribution is 9.10. The second-order valence-corrected chi connectivity index (χ2v) is 4.74. The third-order valence-electron chi connectivity index (χ3n) is 2.14. The summed E-state index contributed by atoms with van der Waals surface area (Å²) >= 11 is 3.21. The highest BCUT2D eigenvalue weighted by Gasteiger charge is 2.28. The van der Waals surface area contributed by atoms with E-state index >= 15 is 0 Å². The highest BCUT2D eigenvalue weighted by atomic mass is 79.9. The topological polar surface area (TPSA) is 68.4 Å². The fraction of sp³-hybridized carbons (Fsp3) is 0.455. The van der Waals surface area contributed by atoms with Crippen molar-refractivity contribution in [2.75, 3.05) is 7.11 Å². The van der Waals surface area contributed by atoms with Gasteiger partial charge >= 0.3 is 11.9 Å². The molecule has 1 rings (SSSR count). The Balaban J connectivity index is 2.74. The number of carbonyl (C=O) groups is 2. The number of rotatable bonds is 4. The summed E-state index contributed by atoms with van der Waals surface area (Å²) in [6.07, 6.45) is 0.716. The molecule has 1 heterocycles. The molecule has 0 bridgehead atoms. The van der Waals surface area contributed by atoms with Crippen LogP contribution in [0, 0.1) is 5.92 Å². The third-order valence-corrected chi connectivity index (χ3v) is 2.60. The summed E-state index contributed by atoms with van der Waals surface area (Å²) in [5, 5.41) is 0. The van der Waals surface area contributed by atoms with Crippen molar-refractivity contribution in [3.8, 4) is 0 Å². The van der Waals surface area contributed by atoms with E-state index in [4.69, 9.17) is 4.74 Å². The number of H-pyrrole nitrogens is 1. The van der Waals surface area contributed by atoms with Gasteiger partial charge in [0.05, 0.1) is 7.11 Å². The number of nitrogens with one attached hydrogen (secondary N) is 1. The maximum absolute atomic E-state index is 11.7. The molecule has 0 spiro atoms. The van der Waals surface area contributed by atoms with Gasteiger partial charge in [0, 0.05) is 16.6 Å². The summed E-state index contributed by atoms with van der Waals surface area (Å²) in [5.74, 6) is -1.29. The second kappa shape index (κ2) is 5.86. The van der Waals surface area contributed by atoms with Crippen molar-refractivity contribution >= 4 is 27.9 Å². The number of carbonyl (C=O) groups excluding carboxylic acids is 2. The number of aromatic nitrogens is 1. The molecular formula is C11H14BrNO4. The molecule has 0 saturated carbocycles. The Kier molecular flexibility index (Phi) is 4.74. The van der Waals surface area contributed by atoms with Crippen LogP contribution in [0.1, 0.15) is 24.3 Å². The molecule has 0 amide bonds. The first-order valence-corrected chi connectivity index (χ1v) is 5.87. The maximum atomic E-state index is 11.7. The quantitative estimate of drug-likeness (QED) is 0.865. The highest BCUT2D eigenvalue weighted by Crippen LogP contribution is 2.15. The van der Waals surface area contributed by atoms with Crippen LogP contribution < -0.4 is 0 Å². The molecule has 0 unspecified atom stereocenters. The first kappa shape index (κ1) is 13.8. The number of methoxy groups -OCH3 is 1. The number of hydrogen-bond donors (Lipinski definition) is 1. The van der Waals surface area contributed by atoms with Gasteiger partial charge in [0.25, 0.3) is 0 Å². The van der Waals surface area contributed by atoms with Gasteiger partial charge in [-0.2, -0.15) is 0 Å². The molecular weight excluding hydrogens is 290 g/mol. The van der Waals surface area contributed by atoms with E-state index in [1.165, 1.54) is 7.11 Å². The lowest BCUT2D eigenvalue weighted by Crippen LogP contribution is -2.33. The van der Waals surface area contributed by atoms with E-state index < -0.39 is 18.0 Å². The van der Waals surface area contributed by atoms with Crippen molar-refractivity contribution in [1.82, 2.24) is 4.98 Å². The maximum Gasteiger partial charge on any atom is 0.355 e. The third kappa shape index (κ3) is 3.59. The van der Waals surface area contributed by atoms with Crippen LogP contribution in [0.25, 0.3) is 0 Å². The number of ether oxygens (including phenoxy) is 2. The molecule has 1 aromatic rings. The van der Waals surface area contributed by atoms with Gasteiger partial charge in [-0.1, -0.05) is 13.8 Å². The van der Waals surface area contributed by atoms with Gasteiger partial charge in [-0.05, 0) is 22.0 Å². The number of halogens is 1. The molecule has 0 fully saturated rings. The molecule has 0 aliphatic carbocycles. The van der Waals surface area contributed by atoms with Crippen molar-refractivity contribution in [2.24, 2.45) is 5.92 Å². The zero-order valence-electron chi connectivity index (χ0n) is 9.82. The van der Waals surface area contributed by atoms with Crippen LogP contribution in [0.5, 0.6) is 0 Å². The minimum Gasteiger partial charge on any atom is -0.466 e. The van der Waals surface area contributed by atoms with E-state index in [0.29, 0.717) is 0 Å². The van der Waals surface area contributed by atoms with Crippen molar-refractivity contribution < 1.29 is 19.1 Å². The van der Waals surface area contributed by atoms with Gasteiger partial charge in [-0.3, -0.25) is 0 Å². The van der Waals surface area contributed by atoms with Crippen LogP contribution in [0.15, 0.2) is 16.7 Å². The summed E-state index contributed by atoms with van der Waals surface area (Å²) in [5.41, 5.74) is 0.284. The lowest BCUT2D eigenvalue weighted by atomic mass is 10.1. The van der Waals surface area contributed by atoms with Gasteiger partial charge in [-0.25, -0.2) is 9.59 Å². The van der Waals surface area contributed by atoms with Crippen LogP contribution in [0.2, 0.25) is 0 Å². The molecule has 0 aromatic carbocycles. The van der Waals surface area contributed by atoms with Crippen LogP contribution in [-0.2, 0) is 14.3 Å². The Morgan fingerprint density at radius 3 is 2.47 bits per heavy atom. The Morgan fingerprint density at radius 2 is 2.06 bits per heavy atom. The van der Waals surface area contributed by atoms with E-state index in [1.54, 1.807) is 26.1 Å². The van der Waals surface area contributed by atoms with Gasteiger partial charge in [0.2, 0.25) is 6.10 Å². The Hall–Kier alpha value is -1.30. The van der Waals surface area contributed by atoms with E-state index in [2.05, 4.69) is 25.7 Å². The minimum absolute atomic E-state index is 0.148. The van der Waals surface area contributed by atoms with Gasteiger partial charge in [-0.15, -0.1) is 0 Å². The van der Waals surface area contributed by atoms with Crippen molar-refractivity contribution in [3.05, 3.63) is 22.4 Å². The second-order valence-electron chi connectivity index (χ2n) is 3.82. The molecule has 1 atom stereocenters. The van der Waals surface area contributed by atoms with E-state index in [0.717, 1.165) is 4.47 Å². The summed E-state index contributed by atoms with van der Waals surface area (Å²) in [7, 11) is 1.26. The van der Waals surface area contributed by atoms with Crippen molar-refractivity contribution in [2.45, 2.75) is 20.0 Å². The SMILES string of the molecule is COC(=O)[C@H](OC(=O)c1cc(Br)c[nH]1)C(C)C. The van der Waals surface area contributed by atoms with E-state index in [9.17, 15) is 9.59 Å². The number of hydrogen-bond acceptors (Lipinski definition) is 4. The Morgan fingerprint density at radius 1 is 1.41 bits per heavy atom. The smallest absolute Gasteiger partial charge is 0.355 e. The molecule has 0 saturated heterocycles. The predicted molar refractivity (Wildman–Crippen MR) is 64.6 cm³/mol. The zero-order chi connectivity index (χ0) is 13.0. The van der Waals surface area contributed by atoms with Gasteiger partial charge < -0.3 is 14.5 Å².